The molecule has 1 saturated heterocycles. The van der Waals surface area contributed by atoms with Crippen LogP contribution in [0, 0.1) is 0 Å². The number of hydrogen-bond acceptors (Lipinski definition) is 4. The van der Waals surface area contributed by atoms with Gasteiger partial charge in [-0.25, -0.2) is 0 Å². The van der Waals surface area contributed by atoms with E-state index in [9.17, 15) is 4.79 Å². The molecular formula is C15H17N3O2. The van der Waals surface area contributed by atoms with Crippen molar-refractivity contribution in [1.82, 2.24) is 15.2 Å². The van der Waals surface area contributed by atoms with E-state index in [1.807, 2.05) is 37.5 Å². The Balaban J connectivity index is 1.76. The molecule has 0 aliphatic carbocycles. The van der Waals surface area contributed by atoms with Crippen molar-refractivity contribution >= 4 is 5.91 Å². The molecule has 0 spiro atoms. The first-order chi connectivity index (χ1) is 9.75. The minimum absolute atomic E-state index is 0.0196. The van der Waals surface area contributed by atoms with E-state index in [0.717, 1.165) is 11.3 Å². The fourth-order valence-corrected chi connectivity index (χ4v) is 2.70. The molecule has 0 saturated carbocycles. The molecule has 0 bridgehead atoms. The minimum atomic E-state index is 0.0196. The van der Waals surface area contributed by atoms with Crippen molar-refractivity contribution in [1.29, 1.82) is 0 Å². The van der Waals surface area contributed by atoms with Crippen LogP contribution in [0.5, 0.6) is 0 Å². The van der Waals surface area contributed by atoms with Crippen LogP contribution in [0.2, 0.25) is 0 Å². The number of amides is 1. The summed E-state index contributed by atoms with van der Waals surface area (Å²) in [6.45, 7) is 0.621. The Kier molecular flexibility index (Phi) is 3.52. The number of furan rings is 1. The number of pyridine rings is 1. The highest BCUT2D eigenvalue weighted by Gasteiger charge is 2.38. The van der Waals surface area contributed by atoms with E-state index in [4.69, 9.17) is 4.42 Å². The lowest BCUT2D eigenvalue weighted by atomic mass is 10.0. The van der Waals surface area contributed by atoms with Gasteiger partial charge in [0.1, 0.15) is 5.76 Å². The molecule has 2 aromatic heterocycles. The van der Waals surface area contributed by atoms with Crippen LogP contribution in [0.15, 0.2) is 47.3 Å². The summed E-state index contributed by atoms with van der Waals surface area (Å²) >= 11 is 0. The summed E-state index contributed by atoms with van der Waals surface area (Å²) < 4.78 is 5.31. The number of likely N-dealkylation sites (tertiary alicyclic amines) is 1. The zero-order valence-electron chi connectivity index (χ0n) is 11.3. The van der Waals surface area contributed by atoms with Crippen molar-refractivity contribution < 1.29 is 9.21 Å². The van der Waals surface area contributed by atoms with Gasteiger partial charge in [0.15, 0.2) is 0 Å². The van der Waals surface area contributed by atoms with E-state index in [-0.39, 0.29) is 18.0 Å². The number of nitrogens with one attached hydrogen (secondary N) is 1. The van der Waals surface area contributed by atoms with Gasteiger partial charge in [0.05, 0.1) is 18.8 Å². The van der Waals surface area contributed by atoms with Gasteiger partial charge in [-0.05, 0) is 23.8 Å². The molecule has 1 amide bonds. The molecule has 2 atom stereocenters. The van der Waals surface area contributed by atoms with Crippen molar-refractivity contribution in [2.24, 2.45) is 0 Å². The Morgan fingerprint density at radius 2 is 2.35 bits per heavy atom. The topological polar surface area (TPSA) is 58.4 Å². The first kappa shape index (κ1) is 12.9. The molecule has 0 aromatic carbocycles. The lowest BCUT2D eigenvalue weighted by Crippen LogP contribution is -2.34. The maximum atomic E-state index is 12.0. The van der Waals surface area contributed by atoms with E-state index in [2.05, 4.69) is 10.3 Å². The Hall–Kier alpha value is -2.14. The maximum Gasteiger partial charge on any atom is 0.224 e. The molecule has 2 aromatic rings. The monoisotopic (exact) mass is 271 g/mol. The van der Waals surface area contributed by atoms with Crippen LogP contribution >= 0.6 is 0 Å². The quantitative estimate of drug-likeness (QED) is 0.920. The smallest absolute Gasteiger partial charge is 0.224 e. The van der Waals surface area contributed by atoms with Crippen LogP contribution in [0.4, 0.5) is 0 Å². The van der Waals surface area contributed by atoms with Gasteiger partial charge in [-0.2, -0.15) is 0 Å². The average molecular weight is 271 g/mol. The predicted octanol–water partition coefficient (Wildman–Crippen LogP) is 1.74. The van der Waals surface area contributed by atoms with Gasteiger partial charge in [0.2, 0.25) is 5.91 Å². The van der Waals surface area contributed by atoms with Gasteiger partial charge in [-0.3, -0.25) is 9.78 Å². The van der Waals surface area contributed by atoms with E-state index in [0.29, 0.717) is 13.0 Å². The molecule has 1 aliphatic rings. The molecule has 104 valence electrons. The van der Waals surface area contributed by atoms with E-state index in [1.165, 1.54) is 0 Å². The van der Waals surface area contributed by atoms with Crippen LogP contribution in [0.1, 0.15) is 23.8 Å². The molecule has 5 nitrogen and oxygen atoms in total. The van der Waals surface area contributed by atoms with Crippen LogP contribution in [-0.4, -0.2) is 28.9 Å². The summed E-state index contributed by atoms with van der Waals surface area (Å²) in [5.41, 5.74) is 1.05. The fourth-order valence-electron chi connectivity index (χ4n) is 2.70. The molecular weight excluding hydrogens is 254 g/mol. The van der Waals surface area contributed by atoms with Crippen LogP contribution in [0.3, 0.4) is 0 Å². The molecule has 0 unspecified atom stereocenters. The Labute approximate surface area is 117 Å². The first-order valence-corrected chi connectivity index (χ1v) is 6.67. The normalized spacial score (nSPS) is 22.4. The summed E-state index contributed by atoms with van der Waals surface area (Å²) in [5, 5.41) is 3.41. The number of aromatic nitrogens is 1. The van der Waals surface area contributed by atoms with Crippen LogP contribution in [-0.2, 0) is 11.3 Å². The van der Waals surface area contributed by atoms with Crippen LogP contribution in [0.25, 0.3) is 0 Å². The van der Waals surface area contributed by atoms with Crippen molar-refractivity contribution in [2.75, 3.05) is 7.05 Å². The molecule has 3 rings (SSSR count). The highest BCUT2D eigenvalue weighted by molar-refractivity contribution is 5.80. The summed E-state index contributed by atoms with van der Waals surface area (Å²) in [7, 11) is 1.84. The number of nitrogens with zero attached hydrogens (tertiary/aromatic N) is 2. The molecule has 1 N–H and O–H groups in total. The van der Waals surface area contributed by atoms with Gasteiger partial charge in [-0.15, -0.1) is 0 Å². The lowest BCUT2D eigenvalue weighted by molar-refractivity contribution is -0.127. The molecule has 1 aliphatic heterocycles. The molecule has 0 radical (unpaired) electrons. The molecule has 20 heavy (non-hydrogen) atoms. The number of hydrogen-bond donors (Lipinski definition) is 1. The second kappa shape index (κ2) is 5.46. The standard InChI is InChI=1S/C15H17N3O2/c1-18-14(19)8-13(17-10-12-5-3-7-20-12)15(18)11-4-2-6-16-9-11/h2-7,9,13,15,17H,8,10H2,1H3/t13-,15+/m1/s1. The average Bonchev–Trinajstić information content (AvgIpc) is 3.07. The van der Waals surface area contributed by atoms with Gasteiger partial charge in [-0.1, -0.05) is 6.07 Å². The second-order valence-electron chi connectivity index (χ2n) is 5.01. The number of likely N-dealkylation sites (N-methyl/N-ethyl adjacent to an activating group) is 1. The third-order valence-electron chi connectivity index (χ3n) is 3.73. The molecule has 3 heterocycles. The largest absolute Gasteiger partial charge is 0.468 e. The zero-order chi connectivity index (χ0) is 13.9. The van der Waals surface area contributed by atoms with Gasteiger partial charge < -0.3 is 14.6 Å². The first-order valence-electron chi connectivity index (χ1n) is 6.67. The van der Waals surface area contributed by atoms with E-state index < -0.39 is 0 Å². The maximum absolute atomic E-state index is 12.0. The lowest BCUT2D eigenvalue weighted by Gasteiger charge is -2.25. The van der Waals surface area contributed by atoms with Gasteiger partial charge in [0, 0.05) is 31.9 Å². The van der Waals surface area contributed by atoms with Crippen molar-refractivity contribution in [2.45, 2.75) is 25.0 Å². The number of carbonyl (C=O) groups excluding carboxylic acids is 1. The Bertz CT molecular complexity index is 568. The highest BCUT2D eigenvalue weighted by atomic mass is 16.3. The summed E-state index contributed by atoms with van der Waals surface area (Å²) in [6.07, 6.45) is 5.71. The Morgan fingerprint density at radius 3 is 3.05 bits per heavy atom. The predicted molar refractivity (Wildman–Crippen MR) is 73.7 cm³/mol. The summed E-state index contributed by atoms with van der Waals surface area (Å²) in [5.74, 6) is 1.02. The van der Waals surface area contributed by atoms with E-state index in [1.54, 1.807) is 17.4 Å². The third-order valence-corrected chi connectivity index (χ3v) is 3.73. The molecule has 5 heteroatoms. The zero-order valence-corrected chi connectivity index (χ0v) is 11.3. The van der Waals surface area contributed by atoms with Crippen LogP contribution < -0.4 is 5.32 Å². The SMILES string of the molecule is CN1C(=O)C[C@@H](NCc2ccco2)[C@@H]1c1cccnc1. The Morgan fingerprint density at radius 1 is 1.45 bits per heavy atom. The second-order valence-corrected chi connectivity index (χ2v) is 5.01. The molecule has 1 fully saturated rings. The van der Waals surface area contributed by atoms with E-state index >= 15 is 0 Å². The highest BCUT2D eigenvalue weighted by Crippen LogP contribution is 2.31. The van der Waals surface area contributed by atoms with Crippen molar-refractivity contribution in [3.05, 3.63) is 54.2 Å². The fraction of sp³-hybridized carbons (Fsp3) is 0.333. The van der Waals surface area contributed by atoms with Gasteiger partial charge in [0.25, 0.3) is 0 Å². The van der Waals surface area contributed by atoms with Crippen molar-refractivity contribution in [3.63, 3.8) is 0 Å². The minimum Gasteiger partial charge on any atom is -0.468 e. The summed E-state index contributed by atoms with van der Waals surface area (Å²) in [4.78, 5) is 17.9. The van der Waals surface area contributed by atoms with Gasteiger partial charge >= 0.3 is 0 Å². The number of carbonyl (C=O) groups is 1. The number of rotatable bonds is 4. The summed E-state index contributed by atoms with van der Waals surface area (Å²) in [6, 6.07) is 7.78. The third kappa shape index (κ3) is 2.44. The van der Waals surface area contributed by atoms with Crippen molar-refractivity contribution in [3.8, 4) is 0 Å².